The maximum absolute atomic E-state index is 9.69. The predicted octanol–water partition coefficient (Wildman–Crippen LogP) is 1.30. The van der Waals surface area contributed by atoms with Crippen LogP contribution in [0.25, 0.3) is 0 Å². The highest BCUT2D eigenvalue weighted by molar-refractivity contribution is 5.50. The molecule has 84 valence electrons. The van der Waals surface area contributed by atoms with Gasteiger partial charge in [-0.3, -0.25) is 0 Å². The molecule has 0 heterocycles. The Labute approximate surface area is 89.6 Å². The predicted molar refractivity (Wildman–Crippen MR) is 58.6 cm³/mol. The molecular weight excluding hydrogens is 194 g/mol. The molecule has 0 fully saturated rings. The van der Waals surface area contributed by atoms with Crippen molar-refractivity contribution >= 4 is 0 Å². The molecule has 0 saturated heterocycles. The first kappa shape index (κ1) is 11.7. The summed E-state index contributed by atoms with van der Waals surface area (Å²) in [5, 5.41) is 9.69. The summed E-state index contributed by atoms with van der Waals surface area (Å²) in [6.45, 7) is 0.605. The summed E-state index contributed by atoms with van der Waals surface area (Å²) in [5.74, 6) is 1.38. The number of phenolic OH excluding ortho intramolecular Hbond substituents is 1. The number of aryl methyl sites for hydroxylation is 1. The fourth-order valence-corrected chi connectivity index (χ4v) is 1.40. The smallest absolute Gasteiger partial charge is 0.164 e. The van der Waals surface area contributed by atoms with Crippen LogP contribution in [0, 0.1) is 0 Å². The number of methoxy groups -OCH3 is 2. The van der Waals surface area contributed by atoms with Crippen molar-refractivity contribution in [3.63, 3.8) is 0 Å². The normalized spacial score (nSPS) is 10.1. The highest BCUT2D eigenvalue weighted by Crippen LogP contribution is 2.34. The molecule has 4 heteroatoms. The third kappa shape index (κ3) is 2.76. The molecule has 3 N–H and O–H groups in total. The molecule has 0 spiro atoms. The van der Waals surface area contributed by atoms with Crippen LogP contribution in [0.5, 0.6) is 17.2 Å². The Hall–Kier alpha value is -1.42. The number of hydrogen-bond acceptors (Lipinski definition) is 4. The first-order valence-electron chi connectivity index (χ1n) is 4.86. The first-order chi connectivity index (χ1) is 7.22. The minimum absolute atomic E-state index is 0.223. The number of ether oxygens (including phenoxy) is 2. The standard InChI is InChI=1S/C11H17NO3/c1-14-10-6-8(4-3-5-12)9(13)7-11(10)15-2/h6-7,13H,3-5,12H2,1-2H3. The highest BCUT2D eigenvalue weighted by atomic mass is 16.5. The van der Waals surface area contributed by atoms with Gasteiger partial charge in [0.1, 0.15) is 5.75 Å². The molecule has 0 atom stereocenters. The first-order valence-corrected chi connectivity index (χ1v) is 4.86. The lowest BCUT2D eigenvalue weighted by atomic mass is 10.1. The molecule has 1 rings (SSSR count). The second-order valence-electron chi connectivity index (χ2n) is 3.23. The summed E-state index contributed by atoms with van der Waals surface area (Å²) in [7, 11) is 3.11. The van der Waals surface area contributed by atoms with Crippen LogP contribution in [0.1, 0.15) is 12.0 Å². The fraction of sp³-hybridized carbons (Fsp3) is 0.455. The highest BCUT2D eigenvalue weighted by Gasteiger charge is 2.09. The molecule has 1 aromatic rings. The minimum atomic E-state index is 0.223. The third-order valence-corrected chi connectivity index (χ3v) is 2.24. The number of hydrogen-bond donors (Lipinski definition) is 2. The molecule has 0 radical (unpaired) electrons. The largest absolute Gasteiger partial charge is 0.508 e. The van der Waals surface area contributed by atoms with Gasteiger partial charge in [0.25, 0.3) is 0 Å². The van der Waals surface area contributed by atoms with E-state index >= 15 is 0 Å². The maximum Gasteiger partial charge on any atom is 0.164 e. The lowest BCUT2D eigenvalue weighted by Gasteiger charge is -2.11. The Balaban J connectivity index is 2.97. The summed E-state index contributed by atoms with van der Waals surface area (Å²) in [6.07, 6.45) is 1.58. The van der Waals surface area contributed by atoms with Gasteiger partial charge in [-0.2, -0.15) is 0 Å². The van der Waals surface area contributed by atoms with Gasteiger partial charge < -0.3 is 20.3 Å². The third-order valence-electron chi connectivity index (χ3n) is 2.24. The van der Waals surface area contributed by atoms with Crippen molar-refractivity contribution in [2.24, 2.45) is 5.73 Å². The van der Waals surface area contributed by atoms with Gasteiger partial charge in [0.2, 0.25) is 0 Å². The van der Waals surface area contributed by atoms with Crippen molar-refractivity contribution in [3.05, 3.63) is 17.7 Å². The number of phenols is 1. The summed E-state index contributed by atoms with van der Waals surface area (Å²) in [5.41, 5.74) is 6.25. The molecule has 0 aliphatic heterocycles. The van der Waals surface area contributed by atoms with Crippen LogP contribution >= 0.6 is 0 Å². The second-order valence-corrected chi connectivity index (χ2v) is 3.23. The van der Waals surface area contributed by atoms with Crippen LogP contribution in [-0.2, 0) is 6.42 Å². The van der Waals surface area contributed by atoms with E-state index < -0.39 is 0 Å². The number of aromatic hydroxyl groups is 1. The van der Waals surface area contributed by atoms with Gasteiger partial charge in [-0.15, -0.1) is 0 Å². The molecule has 0 unspecified atom stereocenters. The Kier molecular flexibility index (Phi) is 4.24. The Morgan fingerprint density at radius 3 is 2.33 bits per heavy atom. The van der Waals surface area contributed by atoms with Crippen molar-refractivity contribution in [2.45, 2.75) is 12.8 Å². The second kappa shape index (κ2) is 5.46. The quantitative estimate of drug-likeness (QED) is 0.770. The fourth-order valence-electron chi connectivity index (χ4n) is 1.40. The topological polar surface area (TPSA) is 64.7 Å². The molecule has 0 aliphatic carbocycles. The molecule has 0 aromatic heterocycles. The van der Waals surface area contributed by atoms with E-state index in [0.29, 0.717) is 18.0 Å². The summed E-state index contributed by atoms with van der Waals surface area (Å²) in [6, 6.07) is 3.34. The van der Waals surface area contributed by atoms with Gasteiger partial charge in [-0.1, -0.05) is 0 Å². The van der Waals surface area contributed by atoms with Crippen molar-refractivity contribution in [1.29, 1.82) is 0 Å². The van der Waals surface area contributed by atoms with Gasteiger partial charge in [0.15, 0.2) is 11.5 Å². The number of rotatable bonds is 5. The van der Waals surface area contributed by atoms with E-state index in [-0.39, 0.29) is 5.75 Å². The lowest BCUT2D eigenvalue weighted by molar-refractivity contribution is 0.350. The van der Waals surface area contributed by atoms with Crippen molar-refractivity contribution in [2.75, 3.05) is 20.8 Å². The van der Waals surface area contributed by atoms with E-state index in [0.717, 1.165) is 18.4 Å². The van der Waals surface area contributed by atoms with Crippen LogP contribution in [0.3, 0.4) is 0 Å². The minimum Gasteiger partial charge on any atom is -0.508 e. The van der Waals surface area contributed by atoms with Crippen LogP contribution in [0.2, 0.25) is 0 Å². The van der Waals surface area contributed by atoms with Gasteiger partial charge >= 0.3 is 0 Å². The van der Waals surface area contributed by atoms with E-state index in [1.807, 2.05) is 0 Å². The monoisotopic (exact) mass is 211 g/mol. The van der Waals surface area contributed by atoms with Crippen LogP contribution in [0.15, 0.2) is 12.1 Å². The molecule has 0 saturated carbocycles. The van der Waals surface area contributed by atoms with Gasteiger partial charge in [0, 0.05) is 6.07 Å². The van der Waals surface area contributed by atoms with Gasteiger partial charge in [0.05, 0.1) is 14.2 Å². The molecule has 0 amide bonds. The van der Waals surface area contributed by atoms with E-state index in [4.69, 9.17) is 15.2 Å². The molecular formula is C11H17NO3. The molecule has 15 heavy (non-hydrogen) atoms. The molecule has 1 aromatic carbocycles. The van der Waals surface area contributed by atoms with Crippen molar-refractivity contribution in [1.82, 2.24) is 0 Å². The van der Waals surface area contributed by atoms with E-state index in [2.05, 4.69) is 0 Å². The molecule has 0 bridgehead atoms. The van der Waals surface area contributed by atoms with E-state index in [9.17, 15) is 5.11 Å². The number of nitrogens with two attached hydrogens (primary N) is 1. The zero-order chi connectivity index (χ0) is 11.3. The summed E-state index contributed by atoms with van der Waals surface area (Å²) in [4.78, 5) is 0. The van der Waals surface area contributed by atoms with Crippen LogP contribution < -0.4 is 15.2 Å². The Bertz CT molecular complexity index is 326. The van der Waals surface area contributed by atoms with Crippen molar-refractivity contribution in [3.8, 4) is 17.2 Å². The average Bonchev–Trinajstić information content (AvgIpc) is 2.27. The maximum atomic E-state index is 9.69. The Morgan fingerprint density at radius 2 is 1.80 bits per heavy atom. The molecule has 4 nitrogen and oxygen atoms in total. The zero-order valence-electron chi connectivity index (χ0n) is 9.12. The van der Waals surface area contributed by atoms with Crippen molar-refractivity contribution < 1.29 is 14.6 Å². The molecule has 0 aliphatic rings. The zero-order valence-corrected chi connectivity index (χ0v) is 9.12. The average molecular weight is 211 g/mol. The lowest BCUT2D eigenvalue weighted by Crippen LogP contribution is -2.01. The van der Waals surface area contributed by atoms with Gasteiger partial charge in [-0.25, -0.2) is 0 Å². The Morgan fingerprint density at radius 1 is 1.20 bits per heavy atom. The van der Waals surface area contributed by atoms with E-state index in [1.54, 1.807) is 19.2 Å². The summed E-state index contributed by atoms with van der Waals surface area (Å²) >= 11 is 0. The van der Waals surface area contributed by atoms with Crippen LogP contribution in [-0.4, -0.2) is 25.9 Å². The SMILES string of the molecule is COc1cc(O)c(CCCN)cc1OC. The van der Waals surface area contributed by atoms with Crippen LogP contribution in [0.4, 0.5) is 0 Å². The van der Waals surface area contributed by atoms with Gasteiger partial charge in [-0.05, 0) is 31.0 Å². The summed E-state index contributed by atoms with van der Waals surface area (Å²) < 4.78 is 10.2. The number of benzene rings is 1. The van der Waals surface area contributed by atoms with E-state index in [1.165, 1.54) is 7.11 Å².